The molecule has 0 saturated carbocycles. The molecule has 0 bridgehead atoms. The largest absolute Gasteiger partial charge is 0.505 e. The van der Waals surface area contributed by atoms with Crippen molar-refractivity contribution in [3.8, 4) is 16.9 Å². The van der Waals surface area contributed by atoms with Gasteiger partial charge in [-0.1, -0.05) is 6.07 Å². The summed E-state index contributed by atoms with van der Waals surface area (Å²) < 4.78 is 4.43. The van der Waals surface area contributed by atoms with Gasteiger partial charge in [-0.3, -0.25) is 4.79 Å². The number of ether oxygens (including phenoxy) is 1. The summed E-state index contributed by atoms with van der Waals surface area (Å²) in [5.41, 5.74) is 9.17. The molecule has 0 spiro atoms. The number of carboxylic acid groups (broad SMARTS) is 1. The lowest BCUT2D eigenvalue weighted by atomic mass is 9.93. The number of carbonyl (C=O) groups excluding carboxylic acids is 1. The van der Waals surface area contributed by atoms with Crippen LogP contribution in [0.3, 0.4) is 0 Å². The third kappa shape index (κ3) is 5.45. The molecule has 0 amide bonds. The number of hydrogen-bond acceptors (Lipinski definition) is 7. The zero-order chi connectivity index (χ0) is 21.6. The highest BCUT2D eigenvalue weighted by Crippen LogP contribution is 2.34. The Morgan fingerprint density at radius 2 is 2.10 bits per heavy atom. The zero-order valence-electron chi connectivity index (χ0n) is 16.9. The van der Waals surface area contributed by atoms with E-state index in [0.29, 0.717) is 18.2 Å². The number of aryl methyl sites for hydroxylation is 1. The maximum absolute atomic E-state index is 11.0. The minimum absolute atomic E-state index is 0.0200. The van der Waals surface area contributed by atoms with Crippen LogP contribution in [0, 0.1) is 6.92 Å². The number of nitrogens with one attached hydrogen (secondary N) is 1. The molecule has 156 valence electrons. The van der Waals surface area contributed by atoms with E-state index in [0.717, 1.165) is 29.7 Å². The summed E-state index contributed by atoms with van der Waals surface area (Å²) in [5.74, 6) is -1.84. The van der Waals surface area contributed by atoms with Gasteiger partial charge in [0, 0.05) is 29.1 Å². The minimum Gasteiger partial charge on any atom is -0.505 e. The van der Waals surface area contributed by atoms with E-state index in [2.05, 4.69) is 28.0 Å². The van der Waals surface area contributed by atoms with Gasteiger partial charge in [0.15, 0.2) is 11.4 Å². The Kier molecular flexibility index (Phi) is 7.55. The molecule has 0 aliphatic carbocycles. The molecule has 1 unspecified atom stereocenters. The summed E-state index contributed by atoms with van der Waals surface area (Å²) in [6, 6.07) is 6.55. The molecule has 0 fully saturated rings. The first-order chi connectivity index (χ1) is 13.8. The van der Waals surface area contributed by atoms with Crippen LogP contribution in [-0.4, -0.2) is 46.3 Å². The predicted molar refractivity (Wildman–Crippen MR) is 110 cm³/mol. The Morgan fingerprint density at radius 3 is 2.69 bits per heavy atom. The molecule has 3 rings (SSSR count). The number of anilines is 1. The molecule has 1 atom stereocenters. The van der Waals surface area contributed by atoms with Crippen molar-refractivity contribution in [3.05, 3.63) is 41.2 Å². The minimum atomic E-state index is -1.23. The molecule has 5 N–H and O–H groups in total. The molecule has 0 radical (unpaired) electrons. The van der Waals surface area contributed by atoms with E-state index in [4.69, 9.17) is 10.8 Å². The van der Waals surface area contributed by atoms with Gasteiger partial charge in [0.25, 0.3) is 0 Å². The van der Waals surface area contributed by atoms with Crippen LogP contribution in [0.5, 0.6) is 5.75 Å². The topological polar surface area (TPSA) is 135 Å². The number of hydrogen-bond donors (Lipinski definition) is 4. The SMILES string of the molecule is CCOC(=O)CN.Cc1c(-c2ccc3c(c2)CCC(C)N3)cnc(C(=O)O)c1O. The van der Waals surface area contributed by atoms with E-state index in [1.54, 1.807) is 13.8 Å². The first kappa shape index (κ1) is 22.2. The summed E-state index contributed by atoms with van der Waals surface area (Å²) >= 11 is 0. The molecule has 29 heavy (non-hydrogen) atoms. The first-order valence-corrected chi connectivity index (χ1v) is 9.45. The number of carboxylic acids is 1. The van der Waals surface area contributed by atoms with Crippen molar-refractivity contribution in [2.45, 2.75) is 39.7 Å². The Labute approximate surface area is 169 Å². The molecule has 8 nitrogen and oxygen atoms in total. The zero-order valence-corrected chi connectivity index (χ0v) is 16.9. The lowest BCUT2D eigenvalue weighted by Gasteiger charge is -2.24. The van der Waals surface area contributed by atoms with E-state index in [1.807, 2.05) is 12.1 Å². The fraction of sp³-hybridized carbons (Fsp3) is 0.381. The lowest BCUT2D eigenvalue weighted by Crippen LogP contribution is -2.21. The number of aromatic carboxylic acids is 1. The maximum atomic E-state index is 11.0. The molecular weight excluding hydrogens is 374 g/mol. The van der Waals surface area contributed by atoms with Crippen molar-refractivity contribution >= 4 is 17.6 Å². The molecule has 1 aromatic heterocycles. The van der Waals surface area contributed by atoms with Crippen molar-refractivity contribution in [2.75, 3.05) is 18.5 Å². The summed E-state index contributed by atoms with van der Waals surface area (Å²) in [4.78, 5) is 25.0. The van der Waals surface area contributed by atoms with Gasteiger partial charge >= 0.3 is 11.9 Å². The second kappa shape index (κ2) is 9.88. The van der Waals surface area contributed by atoms with Gasteiger partial charge in [0.1, 0.15) is 0 Å². The van der Waals surface area contributed by atoms with Crippen LogP contribution in [0.2, 0.25) is 0 Å². The van der Waals surface area contributed by atoms with E-state index in [9.17, 15) is 14.7 Å². The van der Waals surface area contributed by atoms with Crippen LogP contribution in [0.15, 0.2) is 24.4 Å². The number of aromatic hydroxyl groups is 1. The van der Waals surface area contributed by atoms with Crippen molar-refractivity contribution in [1.29, 1.82) is 0 Å². The number of esters is 1. The molecular formula is C21H27N3O5. The number of carbonyl (C=O) groups is 2. The smallest absolute Gasteiger partial charge is 0.358 e. The van der Waals surface area contributed by atoms with Gasteiger partial charge in [0.05, 0.1) is 13.2 Å². The number of fused-ring (bicyclic) bond motifs is 1. The van der Waals surface area contributed by atoms with Gasteiger partial charge < -0.3 is 26.0 Å². The summed E-state index contributed by atoms with van der Waals surface area (Å²) in [6.07, 6.45) is 3.60. The Balaban J connectivity index is 0.000000370. The molecule has 8 heteroatoms. The second-order valence-electron chi connectivity index (χ2n) is 6.76. The Hall–Kier alpha value is -3.13. The van der Waals surface area contributed by atoms with Crippen LogP contribution in [0.4, 0.5) is 5.69 Å². The van der Waals surface area contributed by atoms with Crippen LogP contribution in [0.25, 0.3) is 11.1 Å². The van der Waals surface area contributed by atoms with Crippen LogP contribution < -0.4 is 11.1 Å². The standard InChI is InChI=1S/C17H18N2O3.C4H9NO2/c1-9-3-4-12-7-11(5-6-14(12)19-9)13-8-18-15(17(21)22)16(20)10(13)2;1-2-7-4(6)3-5/h5-9,19-20H,3-4H2,1-2H3,(H,21,22);2-3,5H2,1H3. The highest BCUT2D eigenvalue weighted by molar-refractivity contribution is 5.90. The van der Waals surface area contributed by atoms with Gasteiger partial charge in [-0.2, -0.15) is 0 Å². The molecule has 0 saturated heterocycles. The highest BCUT2D eigenvalue weighted by Gasteiger charge is 2.19. The van der Waals surface area contributed by atoms with E-state index in [-0.39, 0.29) is 24.0 Å². The summed E-state index contributed by atoms with van der Waals surface area (Å²) in [5, 5.41) is 22.5. The quantitative estimate of drug-likeness (QED) is 0.574. The van der Waals surface area contributed by atoms with E-state index >= 15 is 0 Å². The third-order valence-corrected chi connectivity index (χ3v) is 4.65. The second-order valence-corrected chi connectivity index (χ2v) is 6.76. The number of pyridine rings is 1. The fourth-order valence-electron chi connectivity index (χ4n) is 3.08. The predicted octanol–water partition coefficient (Wildman–Crippen LogP) is 2.72. The molecule has 1 aliphatic rings. The number of nitrogens with two attached hydrogens (primary N) is 1. The van der Waals surface area contributed by atoms with Crippen molar-refractivity contribution in [2.24, 2.45) is 5.73 Å². The first-order valence-electron chi connectivity index (χ1n) is 9.45. The van der Waals surface area contributed by atoms with Crippen LogP contribution in [-0.2, 0) is 16.0 Å². The Morgan fingerprint density at radius 1 is 1.38 bits per heavy atom. The number of rotatable bonds is 4. The van der Waals surface area contributed by atoms with Gasteiger partial charge in [-0.25, -0.2) is 9.78 Å². The summed E-state index contributed by atoms with van der Waals surface area (Å²) in [7, 11) is 0. The van der Waals surface area contributed by atoms with Crippen molar-refractivity contribution in [1.82, 2.24) is 4.98 Å². The maximum Gasteiger partial charge on any atom is 0.358 e. The van der Waals surface area contributed by atoms with E-state index < -0.39 is 5.97 Å². The van der Waals surface area contributed by atoms with Gasteiger partial charge in [0.2, 0.25) is 0 Å². The lowest BCUT2D eigenvalue weighted by molar-refractivity contribution is -0.141. The monoisotopic (exact) mass is 401 g/mol. The molecule has 1 aliphatic heterocycles. The molecule has 2 heterocycles. The van der Waals surface area contributed by atoms with E-state index in [1.165, 1.54) is 11.8 Å². The number of nitrogens with zero attached hydrogens (tertiary/aromatic N) is 1. The van der Waals surface area contributed by atoms with Crippen molar-refractivity contribution in [3.63, 3.8) is 0 Å². The third-order valence-electron chi connectivity index (χ3n) is 4.65. The normalized spacial score (nSPS) is 14.7. The molecule has 1 aromatic carbocycles. The van der Waals surface area contributed by atoms with Gasteiger partial charge in [-0.15, -0.1) is 0 Å². The fourth-order valence-corrected chi connectivity index (χ4v) is 3.08. The average molecular weight is 401 g/mol. The summed E-state index contributed by atoms with van der Waals surface area (Å²) in [6.45, 7) is 6.00. The Bertz CT molecular complexity index is 898. The number of aromatic nitrogens is 1. The van der Waals surface area contributed by atoms with Gasteiger partial charge in [-0.05, 0) is 56.9 Å². The van der Waals surface area contributed by atoms with Crippen LogP contribution in [0.1, 0.15) is 41.9 Å². The van der Waals surface area contributed by atoms with Crippen molar-refractivity contribution < 1.29 is 24.5 Å². The number of benzene rings is 1. The molecule has 2 aromatic rings. The average Bonchev–Trinajstić information content (AvgIpc) is 2.70. The highest BCUT2D eigenvalue weighted by atomic mass is 16.5. The van der Waals surface area contributed by atoms with Crippen LogP contribution >= 0.6 is 0 Å².